The van der Waals surface area contributed by atoms with Crippen LogP contribution < -0.4 is 5.32 Å². The van der Waals surface area contributed by atoms with Gasteiger partial charge in [-0.3, -0.25) is 4.79 Å². The van der Waals surface area contributed by atoms with Crippen LogP contribution in [0.25, 0.3) is 0 Å². The Hall–Kier alpha value is -1.52. The summed E-state index contributed by atoms with van der Waals surface area (Å²) in [6, 6.07) is 4.46. The van der Waals surface area contributed by atoms with Crippen molar-refractivity contribution in [3.05, 3.63) is 35.4 Å². The molecule has 21 heavy (non-hydrogen) atoms. The van der Waals surface area contributed by atoms with Gasteiger partial charge in [-0.05, 0) is 42.5 Å². The molecule has 0 aromatic heterocycles. The fraction of sp³-hybridized carbons (Fsp3) is 0.562. The highest BCUT2D eigenvalue weighted by molar-refractivity contribution is 5.94. The van der Waals surface area contributed by atoms with Gasteiger partial charge in [0.05, 0.1) is 5.56 Å². The van der Waals surface area contributed by atoms with E-state index in [1.165, 1.54) is 12.1 Å². The van der Waals surface area contributed by atoms with Crippen molar-refractivity contribution in [3.8, 4) is 0 Å². The van der Waals surface area contributed by atoms with Crippen LogP contribution in [0.3, 0.4) is 0 Å². The van der Waals surface area contributed by atoms with Gasteiger partial charge in [-0.1, -0.05) is 26.7 Å². The van der Waals surface area contributed by atoms with Crippen LogP contribution in [0.5, 0.6) is 0 Å². The fourth-order valence-electron chi connectivity index (χ4n) is 2.85. The molecule has 1 saturated carbocycles. The van der Waals surface area contributed by atoms with Gasteiger partial charge in [-0.15, -0.1) is 0 Å². The molecule has 0 spiro atoms. The zero-order chi connectivity index (χ0) is 15.6. The van der Waals surface area contributed by atoms with Crippen LogP contribution in [-0.4, -0.2) is 11.9 Å². The van der Waals surface area contributed by atoms with Gasteiger partial charge in [0.1, 0.15) is 0 Å². The first-order valence-corrected chi connectivity index (χ1v) is 7.27. The van der Waals surface area contributed by atoms with E-state index < -0.39 is 11.7 Å². The predicted octanol–water partition coefficient (Wildman–Crippen LogP) is 4.26. The smallest absolute Gasteiger partial charge is 0.349 e. The SMILES string of the molecule is C[C@@H]1[C@@H](C)CCC[C@H]1NC(=O)c1ccc(C(F)(F)F)cc1. The van der Waals surface area contributed by atoms with Gasteiger partial charge in [-0.2, -0.15) is 13.2 Å². The molecule has 0 saturated heterocycles. The topological polar surface area (TPSA) is 29.1 Å². The van der Waals surface area contributed by atoms with Crippen molar-refractivity contribution >= 4 is 5.91 Å². The number of alkyl halides is 3. The Balaban J connectivity index is 2.03. The van der Waals surface area contributed by atoms with Crippen molar-refractivity contribution in [1.82, 2.24) is 5.32 Å². The van der Waals surface area contributed by atoms with E-state index in [0.29, 0.717) is 11.8 Å². The largest absolute Gasteiger partial charge is 0.416 e. The summed E-state index contributed by atoms with van der Waals surface area (Å²) < 4.78 is 37.5. The molecule has 1 amide bonds. The van der Waals surface area contributed by atoms with Crippen LogP contribution in [0.4, 0.5) is 13.2 Å². The Morgan fingerprint density at radius 1 is 1.14 bits per heavy atom. The Kier molecular flexibility index (Phi) is 4.59. The third-order valence-corrected chi connectivity index (χ3v) is 4.50. The lowest BCUT2D eigenvalue weighted by molar-refractivity contribution is -0.137. The molecule has 2 nitrogen and oxygen atoms in total. The summed E-state index contributed by atoms with van der Waals surface area (Å²) in [5.74, 6) is 0.642. The fourth-order valence-corrected chi connectivity index (χ4v) is 2.85. The number of carbonyl (C=O) groups excluding carboxylic acids is 1. The molecular formula is C16H20F3NO. The highest BCUT2D eigenvalue weighted by Crippen LogP contribution is 2.30. The van der Waals surface area contributed by atoms with E-state index in [2.05, 4.69) is 19.2 Å². The summed E-state index contributed by atoms with van der Waals surface area (Å²) >= 11 is 0. The first-order valence-electron chi connectivity index (χ1n) is 7.27. The lowest BCUT2D eigenvalue weighted by atomic mass is 9.78. The third kappa shape index (κ3) is 3.77. The van der Waals surface area contributed by atoms with Crippen molar-refractivity contribution in [1.29, 1.82) is 0 Å². The molecule has 1 aromatic carbocycles. The van der Waals surface area contributed by atoms with Crippen molar-refractivity contribution in [3.63, 3.8) is 0 Å². The Bertz CT molecular complexity index is 495. The molecule has 1 aromatic rings. The molecule has 3 atom stereocenters. The number of halogens is 3. The molecule has 1 aliphatic rings. The minimum atomic E-state index is -4.37. The maximum Gasteiger partial charge on any atom is 0.416 e. The summed E-state index contributed by atoms with van der Waals surface area (Å²) in [5.41, 5.74) is -0.466. The second kappa shape index (κ2) is 6.08. The van der Waals surface area contributed by atoms with Gasteiger partial charge in [0.25, 0.3) is 5.91 Å². The van der Waals surface area contributed by atoms with Crippen LogP contribution in [0.1, 0.15) is 49.0 Å². The lowest BCUT2D eigenvalue weighted by Gasteiger charge is -2.34. The molecule has 116 valence electrons. The van der Waals surface area contributed by atoms with Crippen LogP contribution in [0, 0.1) is 11.8 Å². The highest BCUT2D eigenvalue weighted by atomic mass is 19.4. The van der Waals surface area contributed by atoms with Crippen molar-refractivity contribution < 1.29 is 18.0 Å². The van der Waals surface area contributed by atoms with Gasteiger partial charge in [0, 0.05) is 11.6 Å². The minimum Gasteiger partial charge on any atom is -0.349 e. The molecule has 0 bridgehead atoms. The van der Waals surface area contributed by atoms with Crippen LogP contribution in [0.2, 0.25) is 0 Å². The first kappa shape index (κ1) is 15.9. The van der Waals surface area contributed by atoms with Crippen LogP contribution >= 0.6 is 0 Å². The molecule has 0 radical (unpaired) electrons. The molecule has 1 fully saturated rings. The average Bonchev–Trinajstić information content (AvgIpc) is 2.43. The number of carbonyl (C=O) groups is 1. The Labute approximate surface area is 122 Å². The van der Waals surface area contributed by atoms with E-state index in [0.717, 1.165) is 31.4 Å². The van der Waals surface area contributed by atoms with E-state index >= 15 is 0 Å². The number of hydrogen-bond acceptors (Lipinski definition) is 1. The Morgan fingerprint density at radius 3 is 2.33 bits per heavy atom. The number of amides is 1. The predicted molar refractivity (Wildman–Crippen MR) is 74.9 cm³/mol. The summed E-state index contributed by atoms with van der Waals surface area (Å²) in [6.45, 7) is 4.28. The molecule has 2 rings (SSSR count). The summed E-state index contributed by atoms with van der Waals surface area (Å²) in [7, 11) is 0. The summed E-state index contributed by atoms with van der Waals surface area (Å²) in [5, 5.41) is 2.95. The van der Waals surface area contributed by atoms with Gasteiger partial charge < -0.3 is 5.32 Å². The van der Waals surface area contributed by atoms with E-state index in [1.54, 1.807) is 0 Å². The van der Waals surface area contributed by atoms with Crippen LogP contribution in [-0.2, 0) is 6.18 Å². The van der Waals surface area contributed by atoms with E-state index in [-0.39, 0.29) is 17.5 Å². The molecular weight excluding hydrogens is 279 g/mol. The van der Waals surface area contributed by atoms with Crippen molar-refractivity contribution in [2.24, 2.45) is 11.8 Å². The second-order valence-electron chi connectivity index (χ2n) is 5.92. The van der Waals surface area contributed by atoms with Crippen molar-refractivity contribution in [2.45, 2.75) is 45.3 Å². The van der Waals surface area contributed by atoms with E-state index in [4.69, 9.17) is 0 Å². The number of rotatable bonds is 2. The minimum absolute atomic E-state index is 0.101. The zero-order valence-electron chi connectivity index (χ0n) is 12.2. The second-order valence-corrected chi connectivity index (χ2v) is 5.92. The van der Waals surface area contributed by atoms with Crippen LogP contribution in [0.15, 0.2) is 24.3 Å². The molecule has 1 N–H and O–H groups in total. The molecule has 5 heteroatoms. The Morgan fingerprint density at radius 2 is 1.76 bits per heavy atom. The van der Waals surface area contributed by atoms with E-state index in [1.807, 2.05) is 0 Å². The molecule has 0 unspecified atom stereocenters. The quantitative estimate of drug-likeness (QED) is 0.868. The van der Waals surface area contributed by atoms with Crippen molar-refractivity contribution in [2.75, 3.05) is 0 Å². The average molecular weight is 299 g/mol. The van der Waals surface area contributed by atoms with Gasteiger partial charge >= 0.3 is 6.18 Å². The summed E-state index contributed by atoms with van der Waals surface area (Å²) in [6.07, 6.45) is -1.21. The number of benzene rings is 1. The van der Waals surface area contributed by atoms with E-state index in [9.17, 15) is 18.0 Å². The first-order chi connectivity index (χ1) is 9.79. The molecule has 1 aliphatic carbocycles. The summed E-state index contributed by atoms with van der Waals surface area (Å²) in [4.78, 5) is 12.1. The van der Waals surface area contributed by atoms with Gasteiger partial charge in [-0.25, -0.2) is 0 Å². The molecule has 0 heterocycles. The number of hydrogen-bond donors (Lipinski definition) is 1. The normalized spacial score (nSPS) is 26.4. The monoisotopic (exact) mass is 299 g/mol. The zero-order valence-corrected chi connectivity index (χ0v) is 12.2. The lowest BCUT2D eigenvalue weighted by Crippen LogP contribution is -2.43. The maximum absolute atomic E-state index is 12.5. The van der Waals surface area contributed by atoms with Gasteiger partial charge in [0.2, 0.25) is 0 Å². The number of nitrogens with one attached hydrogen (secondary N) is 1. The third-order valence-electron chi connectivity index (χ3n) is 4.50. The standard InChI is InChI=1S/C16H20F3NO/c1-10-4-3-5-14(11(10)2)20-15(21)12-6-8-13(9-7-12)16(17,18)19/h6-11,14H,3-5H2,1-2H3,(H,20,21)/t10-,11+,14+/m0/s1. The maximum atomic E-state index is 12.5. The highest BCUT2D eigenvalue weighted by Gasteiger charge is 2.31. The molecule has 0 aliphatic heterocycles. The van der Waals surface area contributed by atoms with Gasteiger partial charge in [0.15, 0.2) is 0 Å².